The maximum atomic E-state index is 12.2. The zero-order valence-corrected chi connectivity index (χ0v) is 14.6. The van der Waals surface area contributed by atoms with Crippen molar-refractivity contribution in [2.45, 2.75) is 13.8 Å². The first kappa shape index (κ1) is 20.5. The second-order valence-corrected chi connectivity index (χ2v) is 4.83. The summed E-state index contributed by atoms with van der Waals surface area (Å²) in [7, 11) is 1.46. The third kappa shape index (κ3) is 5.38. The standard InChI is InChI=1S/C15H20ClN3O2.ClH/c1-4-19(5-2)7-6-18-15(20)12-8-11(10-17)13(16)9-14(12)21-3;/h8-9H,4-7H2,1-3H3,(H,18,20);1H. The average molecular weight is 346 g/mol. The summed E-state index contributed by atoms with van der Waals surface area (Å²) in [6, 6.07) is 4.90. The van der Waals surface area contributed by atoms with E-state index in [0.29, 0.717) is 17.9 Å². The van der Waals surface area contributed by atoms with E-state index in [-0.39, 0.29) is 28.9 Å². The first-order valence-corrected chi connectivity index (χ1v) is 7.23. The number of amides is 1. The van der Waals surface area contributed by atoms with Crippen LogP contribution in [-0.4, -0.2) is 44.1 Å². The Labute approximate surface area is 142 Å². The maximum absolute atomic E-state index is 12.2. The Balaban J connectivity index is 0.00000441. The van der Waals surface area contributed by atoms with Crippen LogP contribution in [0.3, 0.4) is 0 Å². The molecule has 0 atom stereocenters. The van der Waals surface area contributed by atoms with Crippen LogP contribution < -0.4 is 10.1 Å². The number of likely N-dealkylation sites (N-methyl/N-ethyl adjacent to an activating group) is 1. The third-order valence-electron chi connectivity index (χ3n) is 3.26. The second-order valence-electron chi connectivity index (χ2n) is 4.43. The van der Waals surface area contributed by atoms with Crippen LogP contribution >= 0.6 is 24.0 Å². The molecule has 22 heavy (non-hydrogen) atoms. The van der Waals surface area contributed by atoms with Crippen LogP contribution in [-0.2, 0) is 0 Å². The molecule has 0 saturated heterocycles. The highest BCUT2D eigenvalue weighted by molar-refractivity contribution is 6.32. The molecule has 0 aliphatic rings. The summed E-state index contributed by atoms with van der Waals surface area (Å²) in [6.45, 7) is 7.35. The van der Waals surface area contributed by atoms with E-state index in [1.165, 1.54) is 19.2 Å². The van der Waals surface area contributed by atoms with Crippen molar-refractivity contribution in [3.8, 4) is 11.8 Å². The van der Waals surface area contributed by atoms with Gasteiger partial charge < -0.3 is 15.0 Å². The van der Waals surface area contributed by atoms with Gasteiger partial charge in [0.1, 0.15) is 11.8 Å². The lowest BCUT2D eigenvalue weighted by Gasteiger charge is -2.18. The van der Waals surface area contributed by atoms with E-state index in [4.69, 9.17) is 21.6 Å². The van der Waals surface area contributed by atoms with Gasteiger partial charge in [-0.1, -0.05) is 25.4 Å². The fraction of sp³-hybridized carbons (Fsp3) is 0.467. The lowest BCUT2D eigenvalue weighted by Crippen LogP contribution is -2.34. The Hall–Kier alpha value is -1.48. The van der Waals surface area contributed by atoms with Crippen molar-refractivity contribution in [1.29, 1.82) is 5.26 Å². The number of nitrogens with one attached hydrogen (secondary N) is 1. The zero-order valence-electron chi connectivity index (χ0n) is 13.0. The SMILES string of the molecule is CCN(CC)CCNC(=O)c1cc(C#N)c(Cl)cc1OC.Cl. The van der Waals surface area contributed by atoms with E-state index in [1.54, 1.807) is 0 Å². The number of ether oxygens (including phenoxy) is 1. The predicted octanol–water partition coefficient (Wildman–Crippen LogP) is 2.71. The molecule has 0 fully saturated rings. The fourth-order valence-electron chi connectivity index (χ4n) is 1.95. The molecule has 0 radical (unpaired) electrons. The zero-order chi connectivity index (χ0) is 15.8. The van der Waals surface area contributed by atoms with Gasteiger partial charge in [-0.15, -0.1) is 12.4 Å². The summed E-state index contributed by atoms with van der Waals surface area (Å²) < 4.78 is 5.15. The van der Waals surface area contributed by atoms with Gasteiger partial charge in [0.2, 0.25) is 0 Å². The van der Waals surface area contributed by atoms with Gasteiger partial charge in [0.25, 0.3) is 5.91 Å². The largest absolute Gasteiger partial charge is 0.496 e. The molecule has 1 amide bonds. The van der Waals surface area contributed by atoms with E-state index >= 15 is 0 Å². The van der Waals surface area contributed by atoms with Crippen LogP contribution in [0.15, 0.2) is 12.1 Å². The highest BCUT2D eigenvalue weighted by atomic mass is 35.5. The normalized spacial score (nSPS) is 9.82. The van der Waals surface area contributed by atoms with E-state index in [2.05, 4.69) is 24.1 Å². The Morgan fingerprint density at radius 1 is 1.41 bits per heavy atom. The molecular weight excluding hydrogens is 325 g/mol. The first-order chi connectivity index (χ1) is 10.1. The number of nitriles is 1. The smallest absolute Gasteiger partial charge is 0.255 e. The van der Waals surface area contributed by atoms with Gasteiger partial charge in [0, 0.05) is 19.2 Å². The van der Waals surface area contributed by atoms with Crippen molar-refractivity contribution >= 4 is 29.9 Å². The Kier molecular flexibility index (Phi) is 9.59. The molecule has 5 nitrogen and oxygen atoms in total. The third-order valence-corrected chi connectivity index (χ3v) is 3.57. The molecule has 0 saturated carbocycles. The van der Waals surface area contributed by atoms with Crippen LogP contribution in [0.1, 0.15) is 29.8 Å². The summed E-state index contributed by atoms with van der Waals surface area (Å²) in [5, 5.41) is 12.1. The molecule has 0 aliphatic heterocycles. The molecule has 1 rings (SSSR count). The lowest BCUT2D eigenvalue weighted by molar-refractivity contribution is 0.0946. The van der Waals surface area contributed by atoms with Crippen molar-refractivity contribution in [1.82, 2.24) is 10.2 Å². The minimum atomic E-state index is -0.271. The minimum absolute atomic E-state index is 0. The van der Waals surface area contributed by atoms with Crippen molar-refractivity contribution in [2.75, 3.05) is 33.3 Å². The highest BCUT2D eigenvalue weighted by Crippen LogP contribution is 2.26. The van der Waals surface area contributed by atoms with E-state index in [1.807, 2.05) is 6.07 Å². The first-order valence-electron chi connectivity index (χ1n) is 6.85. The molecule has 1 N–H and O–H groups in total. The number of rotatable bonds is 7. The Bertz CT molecular complexity index is 540. The van der Waals surface area contributed by atoms with Gasteiger partial charge in [-0.05, 0) is 19.2 Å². The molecule has 0 aromatic heterocycles. The molecule has 0 aliphatic carbocycles. The number of nitrogens with zero attached hydrogens (tertiary/aromatic N) is 2. The Morgan fingerprint density at radius 2 is 2.05 bits per heavy atom. The molecule has 0 spiro atoms. The molecule has 1 aromatic carbocycles. The summed E-state index contributed by atoms with van der Waals surface area (Å²) in [4.78, 5) is 14.4. The number of methoxy groups -OCH3 is 1. The number of carbonyl (C=O) groups excluding carboxylic acids is 1. The minimum Gasteiger partial charge on any atom is -0.496 e. The van der Waals surface area contributed by atoms with E-state index in [0.717, 1.165) is 19.6 Å². The lowest BCUT2D eigenvalue weighted by atomic mass is 10.1. The predicted molar refractivity (Wildman–Crippen MR) is 90.1 cm³/mol. The molecule has 0 bridgehead atoms. The quantitative estimate of drug-likeness (QED) is 0.824. The van der Waals surface area contributed by atoms with Crippen molar-refractivity contribution in [3.05, 3.63) is 28.3 Å². The molecule has 1 aromatic rings. The summed E-state index contributed by atoms with van der Waals surface area (Å²) >= 11 is 5.93. The van der Waals surface area contributed by atoms with E-state index < -0.39 is 0 Å². The van der Waals surface area contributed by atoms with Gasteiger partial charge in [0.15, 0.2) is 0 Å². The summed E-state index contributed by atoms with van der Waals surface area (Å²) in [6.07, 6.45) is 0. The van der Waals surface area contributed by atoms with Gasteiger partial charge in [-0.25, -0.2) is 0 Å². The summed E-state index contributed by atoms with van der Waals surface area (Å²) in [5.74, 6) is 0.0894. The van der Waals surface area contributed by atoms with Crippen LogP contribution in [0, 0.1) is 11.3 Å². The van der Waals surface area contributed by atoms with Crippen molar-refractivity contribution in [2.24, 2.45) is 0 Å². The monoisotopic (exact) mass is 345 g/mol. The number of carbonyl (C=O) groups is 1. The van der Waals surface area contributed by atoms with Crippen LogP contribution in [0.5, 0.6) is 5.75 Å². The summed E-state index contributed by atoms with van der Waals surface area (Å²) in [5.41, 5.74) is 0.573. The molecule has 122 valence electrons. The number of hydrogen-bond donors (Lipinski definition) is 1. The van der Waals surface area contributed by atoms with Crippen molar-refractivity contribution in [3.63, 3.8) is 0 Å². The molecule has 0 heterocycles. The topological polar surface area (TPSA) is 65.4 Å². The van der Waals surface area contributed by atoms with Gasteiger partial charge in [-0.2, -0.15) is 5.26 Å². The number of hydrogen-bond acceptors (Lipinski definition) is 4. The fourth-order valence-corrected chi connectivity index (χ4v) is 2.15. The molecule has 0 unspecified atom stereocenters. The van der Waals surface area contributed by atoms with Crippen LogP contribution in [0.25, 0.3) is 0 Å². The average Bonchev–Trinajstić information content (AvgIpc) is 2.50. The molecular formula is C15H21Cl2N3O2. The maximum Gasteiger partial charge on any atom is 0.255 e. The van der Waals surface area contributed by atoms with Gasteiger partial charge in [0.05, 0.1) is 23.3 Å². The van der Waals surface area contributed by atoms with Gasteiger partial charge >= 0.3 is 0 Å². The van der Waals surface area contributed by atoms with Crippen LogP contribution in [0.2, 0.25) is 5.02 Å². The van der Waals surface area contributed by atoms with Crippen molar-refractivity contribution < 1.29 is 9.53 Å². The van der Waals surface area contributed by atoms with Crippen LogP contribution in [0.4, 0.5) is 0 Å². The number of halogens is 2. The number of benzene rings is 1. The van der Waals surface area contributed by atoms with Gasteiger partial charge in [-0.3, -0.25) is 4.79 Å². The van der Waals surface area contributed by atoms with E-state index in [9.17, 15) is 4.79 Å². The Morgan fingerprint density at radius 3 is 2.55 bits per heavy atom. The molecule has 7 heteroatoms. The second kappa shape index (κ2) is 10.3. The highest BCUT2D eigenvalue weighted by Gasteiger charge is 2.15.